The van der Waals surface area contributed by atoms with Crippen molar-refractivity contribution < 1.29 is 9.59 Å². The molecule has 0 saturated carbocycles. The van der Waals surface area contributed by atoms with Crippen molar-refractivity contribution in [3.05, 3.63) is 29.8 Å². The Labute approximate surface area is 113 Å². The maximum atomic E-state index is 11.9. The molecule has 0 radical (unpaired) electrons. The van der Waals surface area contributed by atoms with E-state index < -0.39 is 0 Å². The summed E-state index contributed by atoms with van der Waals surface area (Å²) in [6.07, 6.45) is 1.53. The van der Waals surface area contributed by atoms with Gasteiger partial charge < -0.3 is 10.2 Å². The Morgan fingerprint density at radius 1 is 1.32 bits per heavy atom. The molecule has 1 aromatic carbocycles. The molecule has 0 aliphatic carbocycles. The van der Waals surface area contributed by atoms with E-state index in [-0.39, 0.29) is 11.8 Å². The van der Waals surface area contributed by atoms with Crippen LogP contribution in [0.3, 0.4) is 0 Å². The van der Waals surface area contributed by atoms with Crippen LogP contribution in [0.5, 0.6) is 0 Å². The largest absolute Gasteiger partial charge is 0.352 e. The van der Waals surface area contributed by atoms with Crippen LogP contribution in [0.4, 0.5) is 5.69 Å². The summed E-state index contributed by atoms with van der Waals surface area (Å²) < 4.78 is 0. The van der Waals surface area contributed by atoms with Crippen molar-refractivity contribution in [1.29, 1.82) is 0 Å². The molecule has 2 rings (SSSR count). The quantitative estimate of drug-likeness (QED) is 0.902. The van der Waals surface area contributed by atoms with E-state index in [1.54, 1.807) is 17.0 Å². The average molecular weight is 260 g/mol. The van der Waals surface area contributed by atoms with E-state index in [0.29, 0.717) is 24.4 Å². The van der Waals surface area contributed by atoms with Gasteiger partial charge in [-0.05, 0) is 36.6 Å². The van der Waals surface area contributed by atoms with Crippen LogP contribution in [0.25, 0.3) is 0 Å². The lowest BCUT2D eigenvalue weighted by molar-refractivity contribution is -0.117. The molecular formula is C15H20N2O2. The maximum Gasteiger partial charge on any atom is 0.251 e. The second-order valence-electron chi connectivity index (χ2n) is 5.30. The molecule has 1 aliphatic heterocycles. The molecule has 1 saturated heterocycles. The van der Waals surface area contributed by atoms with Gasteiger partial charge in [-0.15, -0.1) is 0 Å². The Bertz CT molecular complexity index is 466. The number of amides is 2. The molecule has 0 spiro atoms. The first-order valence-electron chi connectivity index (χ1n) is 6.76. The van der Waals surface area contributed by atoms with Gasteiger partial charge in [0.25, 0.3) is 5.91 Å². The molecule has 1 fully saturated rings. The second-order valence-corrected chi connectivity index (χ2v) is 5.30. The van der Waals surface area contributed by atoms with Crippen molar-refractivity contribution in [1.82, 2.24) is 5.32 Å². The van der Waals surface area contributed by atoms with Gasteiger partial charge in [0, 0.05) is 30.8 Å². The van der Waals surface area contributed by atoms with Gasteiger partial charge in [0.15, 0.2) is 0 Å². The Kier molecular flexibility index (Phi) is 4.20. The van der Waals surface area contributed by atoms with Gasteiger partial charge in [0.05, 0.1) is 0 Å². The lowest BCUT2D eigenvalue weighted by Gasteiger charge is -2.16. The minimum atomic E-state index is -0.0620. The predicted octanol–water partition coefficient (Wildman–Crippen LogP) is 2.20. The van der Waals surface area contributed by atoms with Gasteiger partial charge in [-0.2, -0.15) is 0 Å². The van der Waals surface area contributed by atoms with Crippen molar-refractivity contribution in [2.24, 2.45) is 5.92 Å². The van der Waals surface area contributed by atoms with Crippen molar-refractivity contribution >= 4 is 17.5 Å². The molecule has 4 nitrogen and oxygen atoms in total. The molecule has 0 unspecified atom stereocenters. The van der Waals surface area contributed by atoms with Crippen LogP contribution in [0.15, 0.2) is 24.3 Å². The summed E-state index contributed by atoms with van der Waals surface area (Å²) in [5, 5.41) is 2.88. The lowest BCUT2D eigenvalue weighted by atomic mass is 10.1. The fourth-order valence-corrected chi connectivity index (χ4v) is 2.11. The van der Waals surface area contributed by atoms with Crippen LogP contribution in [0.2, 0.25) is 0 Å². The summed E-state index contributed by atoms with van der Waals surface area (Å²) in [5.74, 6) is 0.537. The molecule has 4 heteroatoms. The first kappa shape index (κ1) is 13.6. The summed E-state index contributed by atoms with van der Waals surface area (Å²) >= 11 is 0. The highest BCUT2D eigenvalue weighted by Crippen LogP contribution is 2.21. The number of hydrogen-bond donors (Lipinski definition) is 1. The first-order chi connectivity index (χ1) is 9.08. The Morgan fingerprint density at radius 2 is 2.00 bits per heavy atom. The number of carbonyl (C=O) groups excluding carboxylic acids is 2. The van der Waals surface area contributed by atoms with Gasteiger partial charge in [0.1, 0.15) is 0 Å². The normalized spacial score (nSPS) is 15.1. The zero-order valence-electron chi connectivity index (χ0n) is 11.5. The molecule has 1 aliphatic rings. The number of rotatable bonds is 4. The predicted molar refractivity (Wildman–Crippen MR) is 75.2 cm³/mol. The van der Waals surface area contributed by atoms with E-state index in [1.165, 1.54) is 0 Å². The molecule has 0 bridgehead atoms. The lowest BCUT2D eigenvalue weighted by Crippen LogP contribution is -2.27. The van der Waals surface area contributed by atoms with Gasteiger partial charge in [0.2, 0.25) is 5.91 Å². The number of hydrogen-bond acceptors (Lipinski definition) is 2. The highest BCUT2D eigenvalue weighted by molar-refractivity contribution is 5.97. The maximum absolute atomic E-state index is 11.9. The zero-order valence-corrected chi connectivity index (χ0v) is 11.5. The number of carbonyl (C=O) groups is 2. The van der Waals surface area contributed by atoms with Gasteiger partial charge in [-0.1, -0.05) is 13.8 Å². The van der Waals surface area contributed by atoms with E-state index in [2.05, 4.69) is 19.2 Å². The van der Waals surface area contributed by atoms with Crippen molar-refractivity contribution in [2.45, 2.75) is 26.7 Å². The average Bonchev–Trinajstić information content (AvgIpc) is 2.82. The summed E-state index contributed by atoms with van der Waals surface area (Å²) in [6, 6.07) is 7.23. The van der Waals surface area contributed by atoms with Crippen LogP contribution in [0.1, 0.15) is 37.0 Å². The van der Waals surface area contributed by atoms with Crippen LogP contribution >= 0.6 is 0 Å². The fraction of sp³-hybridized carbons (Fsp3) is 0.467. The van der Waals surface area contributed by atoms with Crippen LogP contribution in [-0.4, -0.2) is 24.9 Å². The summed E-state index contributed by atoms with van der Waals surface area (Å²) in [4.78, 5) is 25.2. The minimum Gasteiger partial charge on any atom is -0.352 e. The molecule has 19 heavy (non-hydrogen) atoms. The molecule has 102 valence electrons. The van der Waals surface area contributed by atoms with Gasteiger partial charge in [-0.25, -0.2) is 0 Å². The molecular weight excluding hydrogens is 240 g/mol. The van der Waals surface area contributed by atoms with E-state index in [1.807, 2.05) is 12.1 Å². The van der Waals surface area contributed by atoms with E-state index in [0.717, 1.165) is 18.7 Å². The highest BCUT2D eigenvalue weighted by Gasteiger charge is 2.21. The van der Waals surface area contributed by atoms with Gasteiger partial charge in [-0.3, -0.25) is 9.59 Å². The third kappa shape index (κ3) is 3.34. The summed E-state index contributed by atoms with van der Waals surface area (Å²) in [6.45, 7) is 5.56. The third-order valence-corrected chi connectivity index (χ3v) is 3.19. The zero-order chi connectivity index (χ0) is 13.8. The summed E-state index contributed by atoms with van der Waals surface area (Å²) in [5.41, 5.74) is 1.51. The standard InChI is InChI=1S/C15H20N2O2/c1-11(2)10-16-15(19)12-5-7-13(8-6-12)17-9-3-4-14(17)18/h5-8,11H,3-4,9-10H2,1-2H3,(H,16,19). The summed E-state index contributed by atoms with van der Waals surface area (Å²) in [7, 11) is 0. The van der Waals surface area contributed by atoms with E-state index >= 15 is 0 Å². The SMILES string of the molecule is CC(C)CNC(=O)c1ccc(N2CCCC2=O)cc1. The minimum absolute atomic E-state index is 0.0620. The van der Waals surface area contributed by atoms with Crippen molar-refractivity contribution in [2.75, 3.05) is 18.0 Å². The third-order valence-electron chi connectivity index (χ3n) is 3.19. The van der Waals surface area contributed by atoms with Crippen LogP contribution in [-0.2, 0) is 4.79 Å². The molecule has 0 atom stereocenters. The number of nitrogens with one attached hydrogen (secondary N) is 1. The smallest absolute Gasteiger partial charge is 0.251 e. The Hall–Kier alpha value is -1.84. The Balaban J connectivity index is 2.02. The number of nitrogens with zero attached hydrogens (tertiary/aromatic N) is 1. The monoisotopic (exact) mass is 260 g/mol. The van der Waals surface area contributed by atoms with Crippen LogP contribution < -0.4 is 10.2 Å². The van der Waals surface area contributed by atoms with E-state index in [9.17, 15) is 9.59 Å². The topological polar surface area (TPSA) is 49.4 Å². The number of anilines is 1. The van der Waals surface area contributed by atoms with E-state index in [4.69, 9.17) is 0 Å². The Morgan fingerprint density at radius 3 is 2.53 bits per heavy atom. The van der Waals surface area contributed by atoms with Gasteiger partial charge >= 0.3 is 0 Å². The van der Waals surface area contributed by atoms with Crippen molar-refractivity contribution in [3.63, 3.8) is 0 Å². The highest BCUT2D eigenvalue weighted by atomic mass is 16.2. The molecule has 1 N–H and O–H groups in total. The first-order valence-corrected chi connectivity index (χ1v) is 6.76. The molecule has 2 amide bonds. The number of benzene rings is 1. The molecule has 1 aromatic rings. The second kappa shape index (κ2) is 5.87. The fourth-order valence-electron chi connectivity index (χ4n) is 2.11. The van der Waals surface area contributed by atoms with Crippen LogP contribution in [0, 0.1) is 5.92 Å². The van der Waals surface area contributed by atoms with Crippen molar-refractivity contribution in [3.8, 4) is 0 Å². The molecule has 1 heterocycles. The molecule has 0 aromatic heterocycles.